The van der Waals surface area contributed by atoms with E-state index in [0.717, 1.165) is 12.2 Å². The van der Waals surface area contributed by atoms with Crippen LogP contribution in [0.15, 0.2) is 29.1 Å². The van der Waals surface area contributed by atoms with Crippen molar-refractivity contribution in [2.75, 3.05) is 26.0 Å². The van der Waals surface area contributed by atoms with Gasteiger partial charge in [-0.1, -0.05) is 26.2 Å². The second-order valence-corrected chi connectivity index (χ2v) is 8.87. The Morgan fingerprint density at radius 1 is 1.19 bits per heavy atom. The third-order valence-corrected chi connectivity index (χ3v) is 6.09. The summed E-state index contributed by atoms with van der Waals surface area (Å²) in [5, 5.41) is 3.38. The molecular formula is C23H30N4O3S. The van der Waals surface area contributed by atoms with Gasteiger partial charge in [0.25, 0.3) is 11.5 Å². The number of aryl methyl sites for hydroxylation is 1. The molecule has 0 aliphatic rings. The molecule has 0 radical (unpaired) electrons. The number of aromatic nitrogens is 2. The zero-order valence-corrected chi connectivity index (χ0v) is 19.4. The number of unbranched alkanes of at least 4 members (excludes halogenated alkanes) is 3. The molecule has 0 aliphatic heterocycles. The van der Waals surface area contributed by atoms with Crippen molar-refractivity contribution >= 4 is 33.1 Å². The van der Waals surface area contributed by atoms with Gasteiger partial charge in [-0.25, -0.2) is 4.98 Å². The number of thiophene rings is 1. The van der Waals surface area contributed by atoms with E-state index in [-0.39, 0.29) is 11.5 Å². The topological polar surface area (TPSA) is 87.3 Å². The van der Waals surface area contributed by atoms with Gasteiger partial charge < -0.3 is 19.9 Å². The standard InChI is InChI=1S/C23H30N4O3S/c1-5-6-7-8-13-30-17-11-9-16(10-12-17)24-22(29)20-15(2)19-21(28)25-18(14-27(3)4)26-23(19)31-20/h9-12H,5-8,13-14H2,1-4H3,(H,24,29)(H,25,26,28). The predicted molar refractivity (Wildman–Crippen MR) is 126 cm³/mol. The second kappa shape index (κ2) is 10.5. The Bertz CT molecular complexity index is 1090. The highest BCUT2D eigenvalue weighted by molar-refractivity contribution is 7.20. The van der Waals surface area contributed by atoms with Gasteiger partial charge in [0.2, 0.25) is 0 Å². The number of H-pyrrole nitrogens is 1. The van der Waals surface area contributed by atoms with Crippen molar-refractivity contribution < 1.29 is 9.53 Å². The molecule has 0 atom stereocenters. The molecule has 8 heteroatoms. The maximum atomic E-state index is 12.9. The van der Waals surface area contributed by atoms with Gasteiger partial charge in [0.05, 0.1) is 23.4 Å². The molecule has 2 heterocycles. The van der Waals surface area contributed by atoms with Gasteiger partial charge in [0.1, 0.15) is 16.4 Å². The molecule has 2 N–H and O–H groups in total. The highest BCUT2D eigenvalue weighted by atomic mass is 32.1. The smallest absolute Gasteiger partial charge is 0.266 e. The lowest BCUT2D eigenvalue weighted by atomic mass is 10.2. The van der Waals surface area contributed by atoms with Crippen LogP contribution in [0.4, 0.5) is 5.69 Å². The number of hydrogen-bond acceptors (Lipinski definition) is 6. The highest BCUT2D eigenvalue weighted by Crippen LogP contribution is 2.28. The van der Waals surface area contributed by atoms with Crippen molar-refractivity contribution in [3.8, 4) is 5.75 Å². The molecule has 0 fully saturated rings. The van der Waals surface area contributed by atoms with E-state index in [1.165, 1.54) is 30.6 Å². The van der Waals surface area contributed by atoms with Crippen LogP contribution in [0.2, 0.25) is 0 Å². The van der Waals surface area contributed by atoms with Gasteiger partial charge in [0.15, 0.2) is 0 Å². The van der Waals surface area contributed by atoms with Crippen LogP contribution in [0.1, 0.15) is 53.7 Å². The first-order valence-electron chi connectivity index (χ1n) is 10.6. The number of fused-ring (bicyclic) bond motifs is 1. The van der Waals surface area contributed by atoms with Gasteiger partial charge in [-0.15, -0.1) is 11.3 Å². The predicted octanol–water partition coefficient (Wildman–Crippen LogP) is 4.57. The fourth-order valence-corrected chi connectivity index (χ4v) is 4.42. The lowest BCUT2D eigenvalue weighted by Gasteiger charge is -2.08. The van der Waals surface area contributed by atoms with Crippen molar-refractivity contribution in [1.29, 1.82) is 0 Å². The molecule has 0 unspecified atom stereocenters. The minimum absolute atomic E-state index is 0.213. The maximum Gasteiger partial charge on any atom is 0.266 e. The number of hydrogen-bond donors (Lipinski definition) is 2. The Kier molecular flexibility index (Phi) is 7.81. The Hall–Kier alpha value is -2.71. The molecule has 166 valence electrons. The Morgan fingerprint density at radius 3 is 2.61 bits per heavy atom. The Balaban J connectivity index is 1.69. The van der Waals surface area contributed by atoms with Gasteiger partial charge in [-0.05, 0) is 57.3 Å². The molecule has 3 rings (SSSR count). The van der Waals surface area contributed by atoms with E-state index in [2.05, 4.69) is 22.2 Å². The van der Waals surface area contributed by atoms with Gasteiger partial charge in [-0.2, -0.15) is 0 Å². The molecule has 0 bridgehead atoms. The number of aromatic amines is 1. The largest absolute Gasteiger partial charge is 0.494 e. The first-order valence-corrected chi connectivity index (χ1v) is 11.4. The lowest BCUT2D eigenvalue weighted by Crippen LogP contribution is -2.18. The van der Waals surface area contributed by atoms with E-state index in [0.29, 0.717) is 45.3 Å². The van der Waals surface area contributed by atoms with Crippen molar-refractivity contribution in [1.82, 2.24) is 14.9 Å². The number of benzene rings is 1. The van der Waals surface area contributed by atoms with Crippen LogP contribution < -0.4 is 15.6 Å². The number of amides is 1. The van der Waals surface area contributed by atoms with Crippen LogP contribution in [0.5, 0.6) is 5.75 Å². The molecule has 31 heavy (non-hydrogen) atoms. The molecule has 2 aromatic heterocycles. The number of nitrogens with zero attached hydrogens (tertiary/aromatic N) is 2. The van der Waals surface area contributed by atoms with Crippen LogP contribution in [0, 0.1) is 6.92 Å². The van der Waals surface area contributed by atoms with Crippen LogP contribution in [0.25, 0.3) is 10.2 Å². The minimum Gasteiger partial charge on any atom is -0.494 e. The molecule has 7 nitrogen and oxygen atoms in total. The molecule has 1 aromatic carbocycles. The monoisotopic (exact) mass is 442 g/mol. The summed E-state index contributed by atoms with van der Waals surface area (Å²) >= 11 is 1.24. The number of anilines is 1. The highest BCUT2D eigenvalue weighted by Gasteiger charge is 2.19. The Morgan fingerprint density at radius 2 is 1.94 bits per heavy atom. The van der Waals surface area contributed by atoms with Crippen LogP contribution in [0.3, 0.4) is 0 Å². The van der Waals surface area contributed by atoms with Crippen molar-refractivity contribution in [3.05, 3.63) is 50.9 Å². The fraction of sp³-hybridized carbons (Fsp3) is 0.435. The molecular weight excluding hydrogens is 412 g/mol. The molecule has 0 aliphatic carbocycles. The number of carbonyl (C=O) groups excluding carboxylic acids is 1. The number of carbonyl (C=O) groups is 1. The summed E-state index contributed by atoms with van der Waals surface area (Å²) in [6, 6.07) is 7.35. The van der Waals surface area contributed by atoms with Crippen molar-refractivity contribution in [3.63, 3.8) is 0 Å². The average Bonchev–Trinajstić information content (AvgIpc) is 3.05. The zero-order chi connectivity index (χ0) is 22.4. The third kappa shape index (κ3) is 5.92. The first kappa shape index (κ1) is 23.0. The average molecular weight is 443 g/mol. The molecule has 1 amide bonds. The minimum atomic E-state index is -0.248. The maximum absolute atomic E-state index is 12.9. The summed E-state index contributed by atoms with van der Waals surface area (Å²) in [7, 11) is 3.82. The summed E-state index contributed by atoms with van der Waals surface area (Å²) in [4.78, 5) is 35.7. The van der Waals surface area contributed by atoms with Crippen LogP contribution in [-0.2, 0) is 6.54 Å². The van der Waals surface area contributed by atoms with Crippen LogP contribution >= 0.6 is 11.3 Å². The van der Waals surface area contributed by atoms with Crippen molar-refractivity contribution in [2.45, 2.75) is 46.1 Å². The summed E-state index contributed by atoms with van der Waals surface area (Å²) < 4.78 is 5.75. The van der Waals surface area contributed by atoms with E-state index in [9.17, 15) is 9.59 Å². The van der Waals surface area contributed by atoms with Crippen LogP contribution in [-0.4, -0.2) is 41.5 Å². The van der Waals surface area contributed by atoms with Gasteiger partial charge in [0, 0.05) is 5.69 Å². The summed E-state index contributed by atoms with van der Waals surface area (Å²) in [6.45, 7) is 5.19. The normalized spacial score (nSPS) is 11.3. The number of rotatable bonds is 10. The summed E-state index contributed by atoms with van der Waals surface area (Å²) in [5.74, 6) is 1.12. The van der Waals surface area contributed by atoms with E-state index in [1.807, 2.05) is 43.3 Å². The Labute approximate surface area is 186 Å². The number of nitrogens with one attached hydrogen (secondary N) is 2. The van der Waals surface area contributed by atoms with Crippen molar-refractivity contribution in [2.24, 2.45) is 0 Å². The molecule has 0 saturated heterocycles. The van der Waals surface area contributed by atoms with Gasteiger partial charge in [-0.3, -0.25) is 9.59 Å². The third-order valence-electron chi connectivity index (χ3n) is 4.90. The van der Waals surface area contributed by atoms with E-state index in [1.54, 1.807) is 6.92 Å². The fourth-order valence-electron chi connectivity index (χ4n) is 3.32. The van der Waals surface area contributed by atoms with E-state index in [4.69, 9.17) is 4.74 Å². The molecule has 3 aromatic rings. The van der Waals surface area contributed by atoms with E-state index < -0.39 is 0 Å². The summed E-state index contributed by atoms with van der Waals surface area (Å²) in [5.41, 5.74) is 1.11. The van der Waals surface area contributed by atoms with Gasteiger partial charge >= 0.3 is 0 Å². The molecule has 0 saturated carbocycles. The molecule has 0 spiro atoms. The lowest BCUT2D eigenvalue weighted by molar-refractivity contribution is 0.103. The quantitative estimate of drug-likeness (QED) is 0.449. The SMILES string of the molecule is CCCCCCOc1ccc(NC(=O)c2sc3nc(CN(C)C)[nH]c(=O)c3c2C)cc1. The van der Waals surface area contributed by atoms with E-state index >= 15 is 0 Å². The summed E-state index contributed by atoms with van der Waals surface area (Å²) in [6.07, 6.45) is 4.65. The number of ether oxygens (including phenoxy) is 1. The first-order chi connectivity index (χ1) is 14.9. The second-order valence-electron chi connectivity index (χ2n) is 7.87. The zero-order valence-electron chi connectivity index (χ0n) is 18.6.